The number of rotatable bonds is 5. The predicted molar refractivity (Wildman–Crippen MR) is 35.7 cm³/mol. The number of hydrogen-bond donors (Lipinski definition) is 0. The molecule has 0 fully saturated rings. The topological polar surface area (TPSA) is 0 Å². The van der Waals surface area contributed by atoms with Crippen LogP contribution in [0.2, 0.25) is 0 Å². The van der Waals surface area contributed by atoms with Crippen molar-refractivity contribution >= 4 is 0 Å². The Kier molecular flexibility index (Phi) is 4.20. The molecule has 0 N–H and O–H groups in total. The summed E-state index contributed by atoms with van der Waals surface area (Å²) >= 11 is 0. The predicted octanol–water partition coefficient (Wildman–Crippen LogP) is 3.66. The van der Waals surface area contributed by atoms with Crippen molar-refractivity contribution in [2.75, 3.05) is 0 Å². The van der Waals surface area contributed by atoms with Crippen molar-refractivity contribution in [3.8, 4) is 0 Å². The molecule has 7 heteroatoms. The maximum Gasteiger partial charge on any atom is 0.340 e. The molecule has 0 rings (SSSR count). The maximum absolute atomic E-state index is 12.5. The van der Waals surface area contributed by atoms with Crippen LogP contribution in [0.15, 0.2) is 0 Å². The molecule has 14 heavy (non-hydrogen) atoms. The lowest BCUT2D eigenvalue weighted by Crippen LogP contribution is -2.48. The number of alkyl halides is 7. The SMILES string of the molecule is CC[C@H](F)C(F)(F)C(F)(F)CC(F)F. The van der Waals surface area contributed by atoms with Gasteiger partial charge in [-0.25, -0.2) is 13.2 Å². The van der Waals surface area contributed by atoms with Gasteiger partial charge in [-0.1, -0.05) is 6.92 Å². The number of halogens is 7. The Morgan fingerprint density at radius 1 is 1.00 bits per heavy atom. The van der Waals surface area contributed by atoms with E-state index in [1.165, 1.54) is 0 Å². The first-order valence-electron chi connectivity index (χ1n) is 3.83. The Labute approximate surface area is 76.1 Å². The van der Waals surface area contributed by atoms with Gasteiger partial charge in [0.15, 0.2) is 6.17 Å². The molecule has 0 unspecified atom stereocenters. The zero-order valence-electron chi connectivity index (χ0n) is 7.21. The van der Waals surface area contributed by atoms with Crippen molar-refractivity contribution in [3.05, 3.63) is 0 Å². The summed E-state index contributed by atoms with van der Waals surface area (Å²) in [5.74, 6) is -10.1. The smallest absolute Gasteiger partial charge is 0.241 e. The van der Waals surface area contributed by atoms with Crippen LogP contribution in [-0.2, 0) is 0 Å². The Bertz CT molecular complexity index is 177. The first-order chi connectivity index (χ1) is 6.15. The first kappa shape index (κ1) is 13.5. The molecule has 0 aliphatic heterocycles. The Morgan fingerprint density at radius 2 is 1.43 bits per heavy atom. The van der Waals surface area contributed by atoms with Gasteiger partial charge in [0, 0.05) is 0 Å². The highest BCUT2D eigenvalue weighted by Crippen LogP contribution is 2.42. The zero-order valence-corrected chi connectivity index (χ0v) is 7.21. The molecule has 86 valence electrons. The third kappa shape index (κ3) is 2.75. The van der Waals surface area contributed by atoms with Gasteiger partial charge >= 0.3 is 11.8 Å². The molecule has 0 aromatic rings. The summed E-state index contributed by atoms with van der Waals surface area (Å²) in [6.45, 7) is 0.928. The number of hydrogen-bond acceptors (Lipinski definition) is 0. The Hall–Kier alpha value is -0.490. The molecule has 0 bridgehead atoms. The molecule has 0 amide bonds. The van der Waals surface area contributed by atoms with E-state index >= 15 is 0 Å². The van der Waals surface area contributed by atoms with Gasteiger partial charge in [-0.05, 0) is 6.42 Å². The van der Waals surface area contributed by atoms with Gasteiger partial charge in [-0.2, -0.15) is 17.6 Å². The molecule has 0 spiro atoms. The summed E-state index contributed by atoms with van der Waals surface area (Å²) in [5.41, 5.74) is 0. The van der Waals surface area contributed by atoms with E-state index in [0.717, 1.165) is 6.92 Å². The highest BCUT2D eigenvalue weighted by atomic mass is 19.3. The molecule has 0 nitrogen and oxygen atoms in total. The summed E-state index contributed by atoms with van der Waals surface area (Å²) in [7, 11) is 0. The van der Waals surface area contributed by atoms with Crippen LogP contribution < -0.4 is 0 Å². The summed E-state index contributed by atoms with van der Waals surface area (Å²) in [6.07, 6.45) is -9.90. The van der Waals surface area contributed by atoms with E-state index in [9.17, 15) is 30.7 Å². The fourth-order valence-electron chi connectivity index (χ4n) is 0.815. The molecule has 0 aromatic heterocycles. The van der Waals surface area contributed by atoms with E-state index in [4.69, 9.17) is 0 Å². The van der Waals surface area contributed by atoms with E-state index in [0.29, 0.717) is 0 Å². The molecule has 0 radical (unpaired) electrons. The van der Waals surface area contributed by atoms with Gasteiger partial charge in [-0.15, -0.1) is 0 Å². The van der Waals surface area contributed by atoms with Crippen molar-refractivity contribution in [2.45, 2.75) is 44.2 Å². The lowest BCUT2D eigenvalue weighted by atomic mass is 10.0. The average Bonchev–Trinajstić information content (AvgIpc) is 2.00. The highest BCUT2D eigenvalue weighted by molar-refractivity contribution is 4.90. The minimum absolute atomic E-state index is 0.855. The fourth-order valence-corrected chi connectivity index (χ4v) is 0.815. The minimum Gasteiger partial charge on any atom is -0.241 e. The molecule has 0 saturated heterocycles. The standard InChI is InChI=1S/C7H9F7/c1-2-4(8)7(13,14)6(11,12)3-5(9)10/h4-5H,2-3H2,1H3/t4-/m0/s1. The zero-order chi connectivity index (χ0) is 11.6. The third-order valence-corrected chi connectivity index (χ3v) is 1.65. The molecule has 1 atom stereocenters. The van der Waals surface area contributed by atoms with Crippen molar-refractivity contribution < 1.29 is 30.7 Å². The van der Waals surface area contributed by atoms with E-state index in [1.807, 2.05) is 0 Å². The molecular weight excluding hydrogens is 217 g/mol. The van der Waals surface area contributed by atoms with Gasteiger partial charge in [-0.3, -0.25) is 0 Å². The quantitative estimate of drug-likeness (QED) is 0.627. The third-order valence-electron chi connectivity index (χ3n) is 1.65. The minimum atomic E-state index is -5.04. The van der Waals surface area contributed by atoms with Crippen LogP contribution in [0.4, 0.5) is 30.7 Å². The van der Waals surface area contributed by atoms with Gasteiger partial charge in [0.1, 0.15) is 0 Å². The van der Waals surface area contributed by atoms with Crippen molar-refractivity contribution in [2.24, 2.45) is 0 Å². The molecule has 0 aliphatic rings. The van der Waals surface area contributed by atoms with Crippen LogP contribution in [0.1, 0.15) is 19.8 Å². The summed E-state index contributed by atoms with van der Waals surface area (Å²) < 4.78 is 85.2. The highest BCUT2D eigenvalue weighted by Gasteiger charge is 2.61. The second-order valence-corrected chi connectivity index (χ2v) is 2.80. The van der Waals surface area contributed by atoms with Gasteiger partial charge in [0.2, 0.25) is 6.43 Å². The van der Waals surface area contributed by atoms with Gasteiger partial charge in [0.05, 0.1) is 6.42 Å². The molecule has 0 saturated carbocycles. The monoisotopic (exact) mass is 226 g/mol. The first-order valence-corrected chi connectivity index (χ1v) is 3.83. The summed E-state index contributed by atoms with van der Waals surface area (Å²) in [6, 6.07) is 0. The summed E-state index contributed by atoms with van der Waals surface area (Å²) in [5, 5.41) is 0. The van der Waals surface area contributed by atoms with Crippen molar-refractivity contribution in [3.63, 3.8) is 0 Å². The van der Waals surface area contributed by atoms with E-state index in [2.05, 4.69) is 0 Å². The second kappa shape index (κ2) is 4.35. The van der Waals surface area contributed by atoms with E-state index in [-0.39, 0.29) is 0 Å². The second-order valence-electron chi connectivity index (χ2n) is 2.80. The maximum atomic E-state index is 12.5. The van der Waals surface area contributed by atoms with E-state index in [1.54, 1.807) is 0 Å². The van der Waals surface area contributed by atoms with Gasteiger partial charge < -0.3 is 0 Å². The Balaban J connectivity index is 4.68. The molecule has 0 aromatic carbocycles. The molecular formula is C7H9F7. The van der Waals surface area contributed by atoms with Crippen LogP contribution in [0.25, 0.3) is 0 Å². The van der Waals surface area contributed by atoms with Crippen LogP contribution in [0.3, 0.4) is 0 Å². The molecule has 0 heterocycles. The van der Waals surface area contributed by atoms with Crippen molar-refractivity contribution in [1.29, 1.82) is 0 Å². The lowest BCUT2D eigenvalue weighted by Gasteiger charge is -2.28. The van der Waals surface area contributed by atoms with Crippen molar-refractivity contribution in [1.82, 2.24) is 0 Å². The van der Waals surface area contributed by atoms with Crippen LogP contribution in [-0.4, -0.2) is 24.4 Å². The lowest BCUT2D eigenvalue weighted by molar-refractivity contribution is -0.251. The normalized spacial score (nSPS) is 16.1. The summed E-state index contributed by atoms with van der Waals surface area (Å²) in [4.78, 5) is 0. The van der Waals surface area contributed by atoms with Crippen LogP contribution in [0, 0.1) is 0 Å². The molecule has 0 aliphatic carbocycles. The van der Waals surface area contributed by atoms with E-state index < -0.39 is 37.3 Å². The fraction of sp³-hybridized carbons (Fsp3) is 1.00. The average molecular weight is 226 g/mol. The van der Waals surface area contributed by atoms with Crippen LogP contribution >= 0.6 is 0 Å². The van der Waals surface area contributed by atoms with Gasteiger partial charge in [0.25, 0.3) is 0 Å². The Morgan fingerprint density at radius 3 is 1.71 bits per heavy atom. The van der Waals surface area contributed by atoms with Crippen LogP contribution in [0.5, 0.6) is 0 Å². The largest absolute Gasteiger partial charge is 0.340 e.